The van der Waals surface area contributed by atoms with Crippen molar-refractivity contribution in [3.63, 3.8) is 0 Å². The molecule has 0 aromatic heterocycles. The molecule has 1 N–H and O–H groups in total. The molecule has 2 amide bonds. The molecule has 1 aliphatic rings. The lowest BCUT2D eigenvalue weighted by Gasteiger charge is -2.26. The van der Waals surface area contributed by atoms with Gasteiger partial charge in [0.25, 0.3) is 11.8 Å². The maximum atomic E-state index is 12.7. The summed E-state index contributed by atoms with van der Waals surface area (Å²) in [5.41, 5.74) is 3.19. The number of methoxy groups -OCH3 is 1. The molecule has 0 spiro atoms. The topological polar surface area (TPSA) is 101 Å². The number of nitriles is 1. The molecule has 0 saturated carbocycles. The van der Waals surface area contributed by atoms with E-state index < -0.39 is 5.91 Å². The first-order valence-corrected chi connectivity index (χ1v) is 10.6. The van der Waals surface area contributed by atoms with Crippen LogP contribution in [0.4, 0.5) is 5.69 Å². The second-order valence-electron chi connectivity index (χ2n) is 7.56. The normalized spacial score (nSPS) is 13.8. The first-order chi connectivity index (χ1) is 15.9. The van der Waals surface area contributed by atoms with Crippen LogP contribution in [0.25, 0.3) is 6.08 Å². The number of aryl methyl sites for hydroxylation is 1. The Bertz CT molecular complexity index is 1100. The summed E-state index contributed by atoms with van der Waals surface area (Å²) in [7, 11) is 1.48. The molecule has 2 aromatic rings. The number of morpholine rings is 1. The summed E-state index contributed by atoms with van der Waals surface area (Å²) in [6, 6.07) is 12.5. The van der Waals surface area contributed by atoms with Crippen LogP contribution in [0.15, 0.2) is 42.0 Å². The molecule has 0 radical (unpaired) electrons. The van der Waals surface area contributed by atoms with E-state index in [1.54, 1.807) is 29.2 Å². The van der Waals surface area contributed by atoms with E-state index in [1.165, 1.54) is 13.2 Å². The quantitative estimate of drug-likeness (QED) is 0.515. The Labute approximate surface area is 193 Å². The number of nitrogens with one attached hydrogen (secondary N) is 1. The average Bonchev–Trinajstić information content (AvgIpc) is 2.84. The smallest absolute Gasteiger partial charge is 0.266 e. The second-order valence-corrected chi connectivity index (χ2v) is 7.56. The highest BCUT2D eigenvalue weighted by atomic mass is 16.5. The number of carbonyl (C=O) groups excluding carboxylic acids is 2. The highest BCUT2D eigenvalue weighted by Crippen LogP contribution is 2.29. The van der Waals surface area contributed by atoms with E-state index in [4.69, 9.17) is 14.2 Å². The van der Waals surface area contributed by atoms with Gasteiger partial charge in [0.1, 0.15) is 11.6 Å². The summed E-state index contributed by atoms with van der Waals surface area (Å²) in [4.78, 5) is 26.7. The van der Waals surface area contributed by atoms with Crippen molar-refractivity contribution in [2.45, 2.75) is 13.8 Å². The van der Waals surface area contributed by atoms with Crippen LogP contribution in [0.2, 0.25) is 0 Å². The molecular formula is C25H27N3O5. The predicted octanol–water partition coefficient (Wildman–Crippen LogP) is 3.10. The molecule has 0 bridgehead atoms. The summed E-state index contributed by atoms with van der Waals surface area (Å²) in [5.74, 6) is 0.168. The number of rotatable bonds is 7. The van der Waals surface area contributed by atoms with Crippen LogP contribution in [0.1, 0.15) is 16.7 Å². The maximum Gasteiger partial charge on any atom is 0.266 e. The average molecular weight is 450 g/mol. The molecule has 1 fully saturated rings. The van der Waals surface area contributed by atoms with Crippen molar-refractivity contribution in [1.29, 1.82) is 5.26 Å². The van der Waals surface area contributed by atoms with Gasteiger partial charge in [-0.1, -0.05) is 18.2 Å². The van der Waals surface area contributed by atoms with Crippen molar-refractivity contribution in [1.82, 2.24) is 4.90 Å². The van der Waals surface area contributed by atoms with Crippen LogP contribution in [0.5, 0.6) is 11.5 Å². The fourth-order valence-corrected chi connectivity index (χ4v) is 3.33. The van der Waals surface area contributed by atoms with Gasteiger partial charge >= 0.3 is 0 Å². The predicted molar refractivity (Wildman–Crippen MR) is 124 cm³/mol. The van der Waals surface area contributed by atoms with Gasteiger partial charge in [0.15, 0.2) is 18.1 Å². The third-order valence-electron chi connectivity index (χ3n) is 5.43. The number of anilines is 1. The highest BCUT2D eigenvalue weighted by molar-refractivity contribution is 6.10. The van der Waals surface area contributed by atoms with Gasteiger partial charge in [0.05, 0.1) is 20.3 Å². The zero-order valence-corrected chi connectivity index (χ0v) is 19.0. The Kier molecular flexibility index (Phi) is 8.06. The Morgan fingerprint density at radius 3 is 2.64 bits per heavy atom. The van der Waals surface area contributed by atoms with E-state index >= 15 is 0 Å². The van der Waals surface area contributed by atoms with Crippen LogP contribution >= 0.6 is 0 Å². The van der Waals surface area contributed by atoms with Gasteiger partial charge in [-0.25, -0.2) is 0 Å². The first-order valence-electron chi connectivity index (χ1n) is 10.6. The minimum Gasteiger partial charge on any atom is -0.493 e. The number of nitrogens with zero attached hydrogens (tertiary/aromatic N) is 2. The van der Waals surface area contributed by atoms with Gasteiger partial charge < -0.3 is 24.4 Å². The third kappa shape index (κ3) is 6.11. The van der Waals surface area contributed by atoms with Gasteiger partial charge in [0, 0.05) is 18.8 Å². The van der Waals surface area contributed by atoms with Crippen LogP contribution in [0, 0.1) is 25.2 Å². The van der Waals surface area contributed by atoms with Crippen LogP contribution in [-0.2, 0) is 14.3 Å². The second kappa shape index (κ2) is 11.2. The van der Waals surface area contributed by atoms with Crippen LogP contribution in [0.3, 0.4) is 0 Å². The Hall–Kier alpha value is -3.83. The Morgan fingerprint density at radius 2 is 1.94 bits per heavy atom. The SMILES string of the molecule is COc1cc(/C=C(\C#N)C(=O)Nc2cccc(C)c2C)ccc1OCC(=O)N1CCOCC1. The highest BCUT2D eigenvalue weighted by Gasteiger charge is 2.18. The number of hydrogen-bond acceptors (Lipinski definition) is 6. The third-order valence-corrected chi connectivity index (χ3v) is 5.43. The number of carbonyl (C=O) groups is 2. The molecule has 2 aromatic carbocycles. The van der Waals surface area contributed by atoms with E-state index in [9.17, 15) is 14.9 Å². The standard InChI is InChI=1S/C25H27N3O5/c1-17-5-4-6-21(18(17)2)27-25(30)20(15-26)13-19-7-8-22(23(14-19)31-3)33-16-24(29)28-9-11-32-12-10-28/h4-8,13-14H,9-12,16H2,1-3H3,(H,27,30)/b20-13+. The molecule has 0 atom stereocenters. The summed E-state index contributed by atoms with van der Waals surface area (Å²) in [6.07, 6.45) is 1.48. The molecule has 8 heteroatoms. The lowest BCUT2D eigenvalue weighted by atomic mass is 10.1. The lowest BCUT2D eigenvalue weighted by molar-refractivity contribution is -0.137. The number of ether oxygens (including phenoxy) is 3. The molecule has 1 heterocycles. The van der Waals surface area contributed by atoms with E-state index in [0.717, 1.165) is 11.1 Å². The van der Waals surface area contributed by atoms with Crippen molar-refractivity contribution >= 4 is 23.6 Å². The number of hydrogen-bond donors (Lipinski definition) is 1. The largest absolute Gasteiger partial charge is 0.493 e. The minimum absolute atomic E-state index is 0.0471. The summed E-state index contributed by atoms with van der Waals surface area (Å²) >= 11 is 0. The molecule has 33 heavy (non-hydrogen) atoms. The van der Waals surface area contributed by atoms with Gasteiger partial charge in [-0.15, -0.1) is 0 Å². The summed E-state index contributed by atoms with van der Waals surface area (Å²) in [5, 5.41) is 12.3. The van der Waals surface area contributed by atoms with Crippen LogP contribution < -0.4 is 14.8 Å². The van der Waals surface area contributed by atoms with Gasteiger partial charge in [-0.05, 0) is 54.8 Å². The van der Waals surface area contributed by atoms with Crippen molar-refractivity contribution in [2.24, 2.45) is 0 Å². The summed E-state index contributed by atoms with van der Waals surface area (Å²) < 4.78 is 16.3. The first kappa shape index (κ1) is 23.8. The molecule has 0 unspecified atom stereocenters. The zero-order valence-electron chi connectivity index (χ0n) is 19.0. The van der Waals surface area contributed by atoms with Crippen molar-refractivity contribution in [3.05, 3.63) is 58.7 Å². The van der Waals surface area contributed by atoms with Gasteiger partial charge in [-0.3, -0.25) is 9.59 Å². The van der Waals surface area contributed by atoms with Gasteiger partial charge in [0.2, 0.25) is 0 Å². The van der Waals surface area contributed by atoms with E-state index in [0.29, 0.717) is 49.1 Å². The number of amides is 2. The zero-order chi connectivity index (χ0) is 23.8. The maximum absolute atomic E-state index is 12.7. The molecule has 0 aliphatic carbocycles. The molecule has 3 rings (SSSR count). The monoisotopic (exact) mass is 449 g/mol. The van der Waals surface area contributed by atoms with E-state index in [-0.39, 0.29) is 18.1 Å². The fourth-order valence-electron chi connectivity index (χ4n) is 3.33. The van der Waals surface area contributed by atoms with Crippen molar-refractivity contribution in [2.75, 3.05) is 45.3 Å². The number of benzene rings is 2. The van der Waals surface area contributed by atoms with Crippen molar-refractivity contribution in [3.8, 4) is 17.6 Å². The summed E-state index contributed by atoms with van der Waals surface area (Å²) in [6.45, 7) is 5.88. The molecule has 1 saturated heterocycles. The molecular weight excluding hydrogens is 422 g/mol. The molecule has 8 nitrogen and oxygen atoms in total. The van der Waals surface area contributed by atoms with Crippen LogP contribution in [-0.4, -0.2) is 56.7 Å². The Balaban J connectivity index is 1.71. The molecule has 172 valence electrons. The van der Waals surface area contributed by atoms with E-state index in [1.807, 2.05) is 32.0 Å². The van der Waals surface area contributed by atoms with Gasteiger partial charge in [-0.2, -0.15) is 5.26 Å². The minimum atomic E-state index is -0.499. The lowest BCUT2D eigenvalue weighted by Crippen LogP contribution is -2.43. The molecule has 1 aliphatic heterocycles. The van der Waals surface area contributed by atoms with E-state index in [2.05, 4.69) is 5.32 Å². The fraction of sp³-hybridized carbons (Fsp3) is 0.320. The Morgan fingerprint density at radius 1 is 1.18 bits per heavy atom. The van der Waals surface area contributed by atoms with Crippen molar-refractivity contribution < 1.29 is 23.8 Å².